The van der Waals surface area contributed by atoms with Crippen molar-refractivity contribution >= 4 is 0 Å². The first-order valence-corrected chi connectivity index (χ1v) is 5.65. The van der Waals surface area contributed by atoms with Gasteiger partial charge in [-0.1, -0.05) is 27.4 Å². The topological polar surface area (TPSA) is 32.7 Å². The lowest BCUT2D eigenvalue weighted by molar-refractivity contribution is -0.249. The number of hydrogen-bond donors (Lipinski definition) is 1. The average molecular weight is 213 g/mol. The van der Waals surface area contributed by atoms with Crippen molar-refractivity contribution in [1.29, 1.82) is 0 Å². The lowest BCUT2D eigenvalue weighted by atomic mass is 9.90. The van der Waals surface area contributed by atoms with E-state index in [9.17, 15) is 0 Å². The molecule has 0 spiro atoms. The number of nitrogens with zero attached hydrogens (tertiary/aromatic N) is 1. The molecule has 0 aromatic carbocycles. The van der Waals surface area contributed by atoms with Gasteiger partial charge in [0.15, 0.2) is 0 Å². The fourth-order valence-electron chi connectivity index (χ4n) is 2.23. The summed E-state index contributed by atoms with van der Waals surface area (Å²) in [5.41, 5.74) is 1.44. The molecule has 0 saturated carbocycles. The Labute approximate surface area is 92.7 Å². The third-order valence-electron chi connectivity index (χ3n) is 2.78. The van der Waals surface area contributed by atoms with Crippen molar-refractivity contribution in [3.8, 4) is 0 Å². The minimum absolute atomic E-state index is 0.268. The molecule has 3 nitrogen and oxygen atoms in total. The molecule has 88 valence electrons. The van der Waals surface area contributed by atoms with E-state index in [-0.39, 0.29) is 5.41 Å². The van der Waals surface area contributed by atoms with Crippen molar-refractivity contribution < 1.29 is 10.1 Å². The summed E-state index contributed by atoms with van der Waals surface area (Å²) in [6.07, 6.45) is 3.25. The summed E-state index contributed by atoms with van der Waals surface area (Å²) in [4.78, 5) is 6.53. The Morgan fingerprint density at radius 2 is 2.20 bits per heavy atom. The second-order valence-corrected chi connectivity index (χ2v) is 5.59. The highest BCUT2D eigenvalue weighted by molar-refractivity contribution is 5.02. The zero-order valence-corrected chi connectivity index (χ0v) is 10.1. The van der Waals surface area contributed by atoms with Crippen LogP contribution in [0.5, 0.6) is 0 Å². The van der Waals surface area contributed by atoms with Crippen molar-refractivity contribution in [3.05, 3.63) is 12.3 Å². The molecular weight excluding hydrogens is 190 g/mol. The van der Waals surface area contributed by atoms with Crippen molar-refractivity contribution in [1.82, 2.24) is 4.90 Å². The maximum absolute atomic E-state index is 8.50. The van der Waals surface area contributed by atoms with Crippen molar-refractivity contribution in [2.45, 2.75) is 46.1 Å². The summed E-state index contributed by atoms with van der Waals surface area (Å²) < 4.78 is 0. The summed E-state index contributed by atoms with van der Waals surface area (Å²) >= 11 is 0. The quantitative estimate of drug-likeness (QED) is 0.575. The van der Waals surface area contributed by atoms with Crippen LogP contribution in [0.3, 0.4) is 0 Å². The van der Waals surface area contributed by atoms with Gasteiger partial charge in [-0.2, -0.15) is 0 Å². The van der Waals surface area contributed by atoms with Gasteiger partial charge in [0, 0.05) is 12.2 Å². The summed E-state index contributed by atoms with van der Waals surface area (Å²) in [6, 6.07) is 0.310. The molecule has 15 heavy (non-hydrogen) atoms. The van der Waals surface area contributed by atoms with Gasteiger partial charge in [-0.25, -0.2) is 4.89 Å². The molecule has 0 amide bonds. The molecule has 0 aromatic rings. The standard InChI is InChI=1S/C12H23NO2/c1-10(8-12(2,3)4)13-7-5-6-11(13)9-15-14/h11,14H,1,5-9H2,2-4H3. The predicted octanol–water partition coefficient (Wildman–Crippen LogP) is 2.89. The fourth-order valence-corrected chi connectivity index (χ4v) is 2.23. The normalized spacial score (nSPS) is 22.1. The highest BCUT2D eigenvalue weighted by Gasteiger charge is 2.27. The van der Waals surface area contributed by atoms with E-state index in [1.54, 1.807) is 0 Å². The van der Waals surface area contributed by atoms with Crippen LogP contribution < -0.4 is 0 Å². The minimum atomic E-state index is 0.268. The lowest BCUT2D eigenvalue weighted by Crippen LogP contribution is -2.33. The van der Waals surface area contributed by atoms with E-state index in [0.29, 0.717) is 12.6 Å². The Kier molecular flexibility index (Phi) is 4.17. The number of rotatable bonds is 4. The molecule has 0 radical (unpaired) electrons. The first-order valence-electron chi connectivity index (χ1n) is 5.65. The molecule has 1 heterocycles. The molecule has 3 heteroatoms. The van der Waals surface area contributed by atoms with Crippen LogP contribution in [0, 0.1) is 5.41 Å². The zero-order valence-electron chi connectivity index (χ0n) is 10.1. The predicted molar refractivity (Wildman–Crippen MR) is 61.5 cm³/mol. The van der Waals surface area contributed by atoms with Gasteiger partial charge in [0.05, 0.1) is 6.04 Å². The van der Waals surface area contributed by atoms with Crippen molar-refractivity contribution in [3.63, 3.8) is 0 Å². The number of allylic oxidation sites excluding steroid dienone is 1. The fraction of sp³-hybridized carbons (Fsp3) is 0.833. The molecule has 1 N–H and O–H groups in total. The van der Waals surface area contributed by atoms with Crippen LogP contribution in [0.2, 0.25) is 0 Å². The van der Waals surface area contributed by atoms with Gasteiger partial charge in [-0.3, -0.25) is 5.26 Å². The van der Waals surface area contributed by atoms with E-state index >= 15 is 0 Å². The molecule has 0 aromatic heterocycles. The molecule has 1 fully saturated rings. The van der Waals surface area contributed by atoms with Crippen LogP contribution >= 0.6 is 0 Å². The molecule has 0 bridgehead atoms. The maximum Gasteiger partial charge on any atom is 0.102 e. The van der Waals surface area contributed by atoms with E-state index in [1.807, 2.05) is 0 Å². The minimum Gasteiger partial charge on any atom is -0.370 e. The monoisotopic (exact) mass is 213 g/mol. The lowest BCUT2D eigenvalue weighted by Gasteiger charge is -2.31. The molecule has 1 aliphatic rings. The zero-order chi connectivity index (χ0) is 11.5. The third-order valence-corrected chi connectivity index (χ3v) is 2.78. The highest BCUT2D eigenvalue weighted by Crippen LogP contribution is 2.30. The van der Waals surface area contributed by atoms with Crippen LogP contribution in [0.25, 0.3) is 0 Å². The van der Waals surface area contributed by atoms with Crippen LogP contribution in [0.15, 0.2) is 12.3 Å². The largest absolute Gasteiger partial charge is 0.370 e. The second kappa shape index (κ2) is 4.99. The Morgan fingerprint density at radius 3 is 2.73 bits per heavy atom. The molecule has 1 aliphatic heterocycles. The Bertz CT molecular complexity index is 220. The third kappa shape index (κ3) is 3.84. The Balaban J connectivity index is 2.51. The molecule has 0 aliphatic carbocycles. The van der Waals surface area contributed by atoms with Crippen molar-refractivity contribution in [2.75, 3.05) is 13.2 Å². The molecular formula is C12H23NO2. The maximum atomic E-state index is 8.50. The first kappa shape index (κ1) is 12.5. The van der Waals surface area contributed by atoms with Gasteiger partial charge in [0.25, 0.3) is 0 Å². The molecule has 1 atom stereocenters. The molecule has 1 unspecified atom stereocenters. The van der Waals surface area contributed by atoms with Gasteiger partial charge < -0.3 is 4.90 Å². The summed E-state index contributed by atoms with van der Waals surface area (Å²) in [7, 11) is 0. The van der Waals surface area contributed by atoms with E-state index in [4.69, 9.17) is 5.26 Å². The number of hydrogen-bond acceptors (Lipinski definition) is 3. The van der Waals surface area contributed by atoms with Crippen LogP contribution in [-0.4, -0.2) is 29.4 Å². The average Bonchev–Trinajstić information content (AvgIpc) is 2.49. The highest BCUT2D eigenvalue weighted by atomic mass is 17.1. The van der Waals surface area contributed by atoms with Crippen LogP contribution in [0.1, 0.15) is 40.0 Å². The van der Waals surface area contributed by atoms with Gasteiger partial charge in [-0.05, 0) is 24.7 Å². The SMILES string of the molecule is C=C(CC(C)(C)C)N1CCCC1COO. The van der Waals surface area contributed by atoms with Gasteiger partial charge >= 0.3 is 0 Å². The number of likely N-dealkylation sites (tertiary alicyclic amines) is 1. The van der Waals surface area contributed by atoms with E-state index in [0.717, 1.165) is 25.8 Å². The van der Waals surface area contributed by atoms with Gasteiger partial charge in [0.2, 0.25) is 0 Å². The van der Waals surface area contributed by atoms with Crippen LogP contribution in [0.4, 0.5) is 0 Å². The second-order valence-electron chi connectivity index (χ2n) is 5.59. The van der Waals surface area contributed by atoms with E-state index in [1.165, 1.54) is 5.70 Å². The smallest absolute Gasteiger partial charge is 0.102 e. The molecule has 1 saturated heterocycles. The Hall–Kier alpha value is -0.540. The summed E-state index contributed by atoms with van der Waals surface area (Å²) in [6.45, 7) is 12.2. The van der Waals surface area contributed by atoms with Gasteiger partial charge in [0.1, 0.15) is 6.61 Å². The first-order chi connectivity index (χ1) is 6.94. The van der Waals surface area contributed by atoms with Gasteiger partial charge in [-0.15, -0.1) is 0 Å². The summed E-state index contributed by atoms with van der Waals surface area (Å²) in [5, 5.41) is 8.50. The molecule has 1 rings (SSSR count). The van der Waals surface area contributed by atoms with Crippen LogP contribution in [-0.2, 0) is 4.89 Å². The van der Waals surface area contributed by atoms with E-state index < -0.39 is 0 Å². The van der Waals surface area contributed by atoms with Crippen molar-refractivity contribution in [2.24, 2.45) is 5.41 Å². The summed E-state index contributed by atoms with van der Waals surface area (Å²) in [5.74, 6) is 0. The van der Waals surface area contributed by atoms with E-state index in [2.05, 4.69) is 37.1 Å². The Morgan fingerprint density at radius 1 is 1.53 bits per heavy atom.